The highest BCUT2D eigenvalue weighted by atomic mass is 16.5. The summed E-state index contributed by atoms with van der Waals surface area (Å²) in [5.74, 6) is 0.418. The molecule has 1 heterocycles. The number of nitrogens with one attached hydrogen (secondary N) is 1. The van der Waals surface area contributed by atoms with E-state index in [4.69, 9.17) is 4.74 Å². The summed E-state index contributed by atoms with van der Waals surface area (Å²) in [6.45, 7) is 4.65. The monoisotopic (exact) mass is 350 g/mol. The number of allylic oxidation sites excluding steroid dienone is 2. The normalized spacial score (nSPS) is 14.1. The van der Waals surface area contributed by atoms with Gasteiger partial charge in [0.05, 0.1) is 30.9 Å². The van der Waals surface area contributed by atoms with Gasteiger partial charge in [0.15, 0.2) is 0 Å². The second-order valence-electron chi connectivity index (χ2n) is 6.11. The topological polar surface area (TPSA) is 76.5 Å². The lowest BCUT2D eigenvalue weighted by atomic mass is 10.1. The third kappa shape index (κ3) is 4.33. The molecule has 0 aliphatic heterocycles. The lowest BCUT2D eigenvalue weighted by Gasteiger charge is -2.06. The van der Waals surface area contributed by atoms with Gasteiger partial charge in [-0.3, -0.25) is 9.78 Å². The average Bonchev–Trinajstić information content (AvgIpc) is 3.07. The molecular weight excluding hydrogens is 328 g/mol. The van der Waals surface area contributed by atoms with Gasteiger partial charge in [0.2, 0.25) is 0 Å². The van der Waals surface area contributed by atoms with E-state index in [0.29, 0.717) is 12.3 Å². The van der Waals surface area contributed by atoms with Crippen LogP contribution in [-0.2, 0) is 0 Å². The molecule has 0 fully saturated rings. The molecule has 0 spiro atoms. The van der Waals surface area contributed by atoms with E-state index in [-0.39, 0.29) is 11.6 Å². The summed E-state index contributed by atoms with van der Waals surface area (Å²) >= 11 is 0. The van der Waals surface area contributed by atoms with E-state index in [9.17, 15) is 4.79 Å². The first-order valence-corrected chi connectivity index (χ1v) is 8.74. The maximum absolute atomic E-state index is 12.3. The first-order chi connectivity index (χ1) is 12.7. The van der Waals surface area contributed by atoms with Crippen LogP contribution in [0.25, 0.3) is 11.3 Å². The van der Waals surface area contributed by atoms with Crippen molar-refractivity contribution in [2.75, 3.05) is 6.61 Å². The second kappa shape index (κ2) is 8.38. The molecule has 2 aromatic rings. The van der Waals surface area contributed by atoms with Crippen molar-refractivity contribution in [1.82, 2.24) is 15.4 Å². The zero-order valence-corrected chi connectivity index (χ0v) is 15.0. The third-order valence-corrected chi connectivity index (χ3v) is 4.26. The minimum Gasteiger partial charge on any atom is -0.494 e. The van der Waals surface area contributed by atoms with E-state index in [0.717, 1.165) is 30.6 Å². The van der Waals surface area contributed by atoms with E-state index in [1.165, 1.54) is 17.3 Å². The quantitative estimate of drug-likeness (QED) is 0.636. The molecule has 1 aromatic heterocycles. The summed E-state index contributed by atoms with van der Waals surface area (Å²) in [5, 5.41) is 4.05. The van der Waals surface area contributed by atoms with Crippen molar-refractivity contribution in [3.63, 3.8) is 0 Å². The van der Waals surface area contributed by atoms with Gasteiger partial charge in [-0.25, -0.2) is 10.4 Å². The molecule has 0 saturated carbocycles. The molecule has 6 nitrogen and oxygen atoms in total. The number of carbonyl (C=O) groups is 1. The summed E-state index contributed by atoms with van der Waals surface area (Å²) < 4.78 is 5.43. The molecule has 1 N–H and O–H groups in total. The summed E-state index contributed by atoms with van der Waals surface area (Å²) in [7, 11) is 0. The van der Waals surface area contributed by atoms with Crippen molar-refractivity contribution >= 4 is 12.1 Å². The molecule has 0 radical (unpaired) electrons. The number of hydrogen-bond donors (Lipinski definition) is 1. The molecule has 3 rings (SSSR count). The molecule has 134 valence electrons. The fraction of sp³-hybridized carbons (Fsp3) is 0.300. The molecule has 6 heteroatoms. The molecule has 0 atom stereocenters. The van der Waals surface area contributed by atoms with Crippen molar-refractivity contribution in [3.05, 3.63) is 53.5 Å². The van der Waals surface area contributed by atoms with Gasteiger partial charge in [-0.05, 0) is 62.9 Å². The van der Waals surface area contributed by atoms with E-state index in [1.54, 1.807) is 12.4 Å². The van der Waals surface area contributed by atoms with Crippen molar-refractivity contribution in [3.8, 4) is 17.0 Å². The largest absolute Gasteiger partial charge is 0.494 e. The first-order valence-electron chi connectivity index (χ1n) is 8.74. The fourth-order valence-electron chi connectivity index (χ4n) is 2.82. The van der Waals surface area contributed by atoms with Crippen LogP contribution in [0.15, 0.2) is 52.9 Å². The Kier molecular flexibility index (Phi) is 5.73. The minimum atomic E-state index is -0.377. The van der Waals surface area contributed by atoms with Gasteiger partial charge < -0.3 is 4.74 Å². The van der Waals surface area contributed by atoms with Crippen molar-refractivity contribution in [2.45, 2.75) is 33.1 Å². The first kappa shape index (κ1) is 17.8. The number of carbonyl (C=O) groups excluding carboxylic acids is 1. The van der Waals surface area contributed by atoms with Crippen molar-refractivity contribution in [1.29, 1.82) is 0 Å². The van der Waals surface area contributed by atoms with Gasteiger partial charge in [0, 0.05) is 5.56 Å². The Morgan fingerprint density at radius 1 is 1.27 bits per heavy atom. The van der Waals surface area contributed by atoms with Crippen molar-refractivity contribution < 1.29 is 9.53 Å². The van der Waals surface area contributed by atoms with E-state index < -0.39 is 0 Å². The number of benzene rings is 1. The number of amides is 1. The highest BCUT2D eigenvalue weighted by Gasteiger charge is 2.11. The highest BCUT2D eigenvalue weighted by molar-refractivity contribution is 5.93. The molecule has 0 unspecified atom stereocenters. The molecule has 1 aliphatic rings. The SMILES string of the molecule is CCOc1ccc(-c2cncc(C(=O)N/N=C/C3=C(C)CCC3)n2)cc1. The second-order valence-corrected chi connectivity index (χ2v) is 6.11. The summed E-state index contributed by atoms with van der Waals surface area (Å²) in [4.78, 5) is 20.8. The minimum absolute atomic E-state index is 0.227. The fourth-order valence-corrected chi connectivity index (χ4v) is 2.82. The third-order valence-electron chi connectivity index (χ3n) is 4.26. The van der Waals surface area contributed by atoms with Crippen LogP contribution in [0.5, 0.6) is 5.75 Å². The van der Waals surface area contributed by atoms with Gasteiger partial charge in [-0.1, -0.05) is 5.57 Å². The van der Waals surface area contributed by atoms with E-state index in [2.05, 4.69) is 27.4 Å². The van der Waals surface area contributed by atoms with Gasteiger partial charge in [-0.2, -0.15) is 5.10 Å². The van der Waals surface area contributed by atoms with Crippen LogP contribution in [0.3, 0.4) is 0 Å². The Balaban J connectivity index is 1.69. The van der Waals surface area contributed by atoms with Gasteiger partial charge in [0.1, 0.15) is 11.4 Å². The highest BCUT2D eigenvalue weighted by Crippen LogP contribution is 2.23. The lowest BCUT2D eigenvalue weighted by Crippen LogP contribution is -2.19. The van der Waals surface area contributed by atoms with Gasteiger partial charge in [-0.15, -0.1) is 0 Å². The van der Waals surface area contributed by atoms with Crippen LogP contribution in [-0.4, -0.2) is 28.7 Å². The lowest BCUT2D eigenvalue weighted by molar-refractivity contribution is 0.0950. The van der Waals surface area contributed by atoms with Gasteiger partial charge in [0.25, 0.3) is 5.91 Å². The average molecular weight is 350 g/mol. The molecular formula is C20H22N4O2. The number of nitrogens with zero attached hydrogens (tertiary/aromatic N) is 3. The Morgan fingerprint density at radius 3 is 2.77 bits per heavy atom. The summed E-state index contributed by atoms with van der Waals surface area (Å²) in [6.07, 6.45) is 8.05. The number of aromatic nitrogens is 2. The maximum Gasteiger partial charge on any atom is 0.291 e. The number of hydrogen-bond acceptors (Lipinski definition) is 5. The van der Waals surface area contributed by atoms with E-state index in [1.807, 2.05) is 31.2 Å². The number of ether oxygens (including phenoxy) is 1. The number of rotatable bonds is 6. The van der Waals surface area contributed by atoms with Crippen LogP contribution in [0.4, 0.5) is 0 Å². The zero-order valence-electron chi connectivity index (χ0n) is 15.0. The standard InChI is InChI=1S/C20H22N4O2/c1-3-26-17-9-7-15(8-10-17)18-12-21-13-19(23-18)20(25)24-22-11-16-6-4-5-14(16)2/h7-13H,3-6H2,1-2H3,(H,24,25)/b22-11+. The van der Waals surface area contributed by atoms with Crippen LogP contribution in [0, 0.1) is 0 Å². The van der Waals surface area contributed by atoms with Crippen LogP contribution < -0.4 is 10.2 Å². The van der Waals surface area contributed by atoms with Crippen LogP contribution in [0.1, 0.15) is 43.6 Å². The molecule has 26 heavy (non-hydrogen) atoms. The van der Waals surface area contributed by atoms with Gasteiger partial charge >= 0.3 is 0 Å². The molecule has 1 aliphatic carbocycles. The van der Waals surface area contributed by atoms with E-state index >= 15 is 0 Å². The molecule has 1 aromatic carbocycles. The predicted molar refractivity (Wildman–Crippen MR) is 101 cm³/mol. The Labute approximate surface area is 153 Å². The number of hydrazone groups is 1. The molecule has 0 saturated heterocycles. The smallest absolute Gasteiger partial charge is 0.291 e. The summed E-state index contributed by atoms with van der Waals surface area (Å²) in [6, 6.07) is 7.53. The molecule has 0 bridgehead atoms. The Bertz CT molecular complexity index is 841. The maximum atomic E-state index is 12.3. The van der Waals surface area contributed by atoms with Crippen LogP contribution >= 0.6 is 0 Å². The Morgan fingerprint density at radius 2 is 2.08 bits per heavy atom. The van der Waals surface area contributed by atoms with Crippen molar-refractivity contribution in [2.24, 2.45) is 5.10 Å². The Hall–Kier alpha value is -3.02. The van der Waals surface area contributed by atoms with Crippen LogP contribution in [0.2, 0.25) is 0 Å². The zero-order chi connectivity index (χ0) is 18.4. The molecule has 1 amide bonds. The predicted octanol–water partition coefficient (Wildman–Crippen LogP) is 3.76. The summed E-state index contributed by atoms with van der Waals surface area (Å²) in [5.41, 5.74) is 6.77.